The van der Waals surface area contributed by atoms with E-state index in [4.69, 9.17) is 5.11 Å². The lowest BCUT2D eigenvalue weighted by atomic mass is 10.2. The van der Waals surface area contributed by atoms with Gasteiger partial charge in [0.25, 0.3) is 0 Å². The highest BCUT2D eigenvalue weighted by Crippen LogP contribution is 2.24. The van der Waals surface area contributed by atoms with Crippen LogP contribution in [0.25, 0.3) is 0 Å². The second-order valence-electron chi connectivity index (χ2n) is 4.23. The van der Waals surface area contributed by atoms with Gasteiger partial charge in [0.15, 0.2) is 0 Å². The van der Waals surface area contributed by atoms with Crippen molar-refractivity contribution in [1.82, 2.24) is 4.90 Å². The Balaban J connectivity index is 2.78. The van der Waals surface area contributed by atoms with E-state index in [9.17, 15) is 14.0 Å². The third-order valence-corrected chi connectivity index (χ3v) is 3.38. The quantitative estimate of drug-likeness (QED) is 0.859. The van der Waals surface area contributed by atoms with Crippen LogP contribution >= 0.6 is 15.9 Å². The first-order chi connectivity index (χ1) is 9.35. The molecule has 0 radical (unpaired) electrons. The number of rotatable bonds is 5. The van der Waals surface area contributed by atoms with E-state index in [1.807, 2.05) is 0 Å². The van der Waals surface area contributed by atoms with Crippen molar-refractivity contribution < 1.29 is 19.1 Å². The van der Waals surface area contributed by atoms with Crippen LogP contribution in [0, 0.1) is 12.7 Å². The molecule has 0 aliphatic heterocycles. The standard InChI is InChI=1S/C13H16BrFN2O3/c1-3-17(5-4-12(18)19)13(20)16-11-7-9(14)10(15)6-8(11)2/h6-7H,3-5H2,1-2H3,(H,16,20)(H,18,19). The van der Waals surface area contributed by atoms with Gasteiger partial charge in [-0.3, -0.25) is 4.79 Å². The van der Waals surface area contributed by atoms with Gasteiger partial charge < -0.3 is 15.3 Å². The summed E-state index contributed by atoms with van der Waals surface area (Å²) in [5.41, 5.74) is 1.07. The van der Waals surface area contributed by atoms with Crippen LogP contribution in [-0.4, -0.2) is 35.1 Å². The summed E-state index contributed by atoms with van der Waals surface area (Å²) >= 11 is 3.06. The van der Waals surface area contributed by atoms with Gasteiger partial charge in [-0.05, 0) is 47.5 Å². The Kier molecular flexibility index (Phi) is 5.94. The van der Waals surface area contributed by atoms with Crippen molar-refractivity contribution in [2.24, 2.45) is 0 Å². The average Bonchev–Trinajstić information content (AvgIpc) is 2.36. The zero-order chi connectivity index (χ0) is 15.3. The molecule has 0 aromatic heterocycles. The maximum atomic E-state index is 13.3. The maximum absolute atomic E-state index is 13.3. The zero-order valence-corrected chi connectivity index (χ0v) is 12.8. The number of carboxylic acid groups (broad SMARTS) is 1. The molecular weight excluding hydrogens is 331 g/mol. The molecule has 0 heterocycles. The van der Waals surface area contributed by atoms with Crippen molar-refractivity contribution in [1.29, 1.82) is 0 Å². The molecule has 110 valence electrons. The molecule has 0 unspecified atom stereocenters. The van der Waals surface area contributed by atoms with E-state index in [0.29, 0.717) is 17.8 Å². The Hall–Kier alpha value is -1.63. The van der Waals surface area contributed by atoms with Crippen molar-refractivity contribution in [3.05, 3.63) is 28.0 Å². The molecule has 1 aromatic rings. The van der Waals surface area contributed by atoms with Gasteiger partial charge in [-0.1, -0.05) is 0 Å². The largest absolute Gasteiger partial charge is 0.481 e. The third kappa shape index (κ3) is 4.48. The summed E-state index contributed by atoms with van der Waals surface area (Å²) in [6, 6.07) is 2.39. The monoisotopic (exact) mass is 346 g/mol. The Labute approximate surface area is 124 Å². The number of carbonyl (C=O) groups excluding carboxylic acids is 1. The first kappa shape index (κ1) is 16.4. The molecule has 0 fully saturated rings. The Bertz CT molecular complexity index is 523. The van der Waals surface area contributed by atoms with Gasteiger partial charge in [-0.15, -0.1) is 0 Å². The number of halogens is 2. The van der Waals surface area contributed by atoms with Crippen molar-refractivity contribution in [3.8, 4) is 0 Å². The van der Waals surface area contributed by atoms with Crippen LogP contribution in [-0.2, 0) is 4.79 Å². The molecule has 2 N–H and O–H groups in total. The molecule has 0 aliphatic rings. The normalized spacial score (nSPS) is 10.2. The number of hydrogen-bond donors (Lipinski definition) is 2. The smallest absolute Gasteiger partial charge is 0.321 e. The SMILES string of the molecule is CCN(CCC(=O)O)C(=O)Nc1cc(Br)c(F)cc1C. The van der Waals surface area contributed by atoms with E-state index >= 15 is 0 Å². The fraction of sp³-hybridized carbons (Fsp3) is 0.385. The first-order valence-electron chi connectivity index (χ1n) is 6.08. The molecule has 20 heavy (non-hydrogen) atoms. The Morgan fingerprint density at radius 2 is 2.10 bits per heavy atom. The lowest BCUT2D eigenvalue weighted by Crippen LogP contribution is -2.36. The molecule has 7 heteroatoms. The predicted octanol–water partition coefficient (Wildman–Crippen LogP) is 3.23. The molecule has 5 nitrogen and oxygen atoms in total. The van der Waals surface area contributed by atoms with Crippen LogP contribution in [0.15, 0.2) is 16.6 Å². The average molecular weight is 347 g/mol. The van der Waals surface area contributed by atoms with Crippen LogP contribution in [0.2, 0.25) is 0 Å². The summed E-state index contributed by atoms with van der Waals surface area (Å²) in [7, 11) is 0. The van der Waals surface area contributed by atoms with Crippen LogP contribution in [0.1, 0.15) is 18.9 Å². The Morgan fingerprint density at radius 3 is 2.65 bits per heavy atom. The highest BCUT2D eigenvalue weighted by atomic mass is 79.9. The second kappa shape index (κ2) is 7.23. The van der Waals surface area contributed by atoms with Crippen molar-refractivity contribution in [3.63, 3.8) is 0 Å². The number of carbonyl (C=O) groups is 2. The summed E-state index contributed by atoms with van der Waals surface area (Å²) in [5.74, 6) is -1.37. The molecule has 0 bridgehead atoms. The first-order valence-corrected chi connectivity index (χ1v) is 6.87. The van der Waals surface area contributed by atoms with Crippen molar-refractivity contribution in [2.45, 2.75) is 20.3 Å². The van der Waals surface area contributed by atoms with Gasteiger partial charge in [0, 0.05) is 18.8 Å². The number of nitrogens with one attached hydrogen (secondary N) is 1. The van der Waals surface area contributed by atoms with Gasteiger partial charge in [0.05, 0.1) is 10.9 Å². The number of nitrogens with zero attached hydrogens (tertiary/aromatic N) is 1. The summed E-state index contributed by atoms with van der Waals surface area (Å²) in [5, 5.41) is 11.3. The molecule has 1 rings (SSSR count). The number of hydrogen-bond acceptors (Lipinski definition) is 2. The predicted molar refractivity (Wildman–Crippen MR) is 77.4 cm³/mol. The Morgan fingerprint density at radius 1 is 1.45 bits per heavy atom. The number of benzene rings is 1. The molecule has 0 aliphatic carbocycles. The van der Waals surface area contributed by atoms with Crippen LogP contribution in [0.4, 0.5) is 14.9 Å². The van der Waals surface area contributed by atoms with E-state index < -0.39 is 17.8 Å². The van der Waals surface area contributed by atoms with E-state index in [2.05, 4.69) is 21.2 Å². The fourth-order valence-corrected chi connectivity index (χ4v) is 1.95. The fourth-order valence-electron chi connectivity index (χ4n) is 1.61. The minimum Gasteiger partial charge on any atom is -0.481 e. The molecule has 0 spiro atoms. The van der Waals surface area contributed by atoms with E-state index in [-0.39, 0.29) is 17.4 Å². The van der Waals surface area contributed by atoms with E-state index in [1.165, 1.54) is 17.0 Å². The molecular formula is C13H16BrFN2O3. The van der Waals surface area contributed by atoms with E-state index in [1.54, 1.807) is 13.8 Å². The molecule has 2 amide bonds. The third-order valence-electron chi connectivity index (χ3n) is 2.77. The number of anilines is 1. The van der Waals surface area contributed by atoms with Crippen molar-refractivity contribution in [2.75, 3.05) is 18.4 Å². The minimum atomic E-state index is -0.961. The molecule has 0 saturated carbocycles. The number of amides is 2. The summed E-state index contributed by atoms with van der Waals surface area (Å²) in [4.78, 5) is 23.9. The van der Waals surface area contributed by atoms with Gasteiger partial charge in [-0.2, -0.15) is 0 Å². The van der Waals surface area contributed by atoms with Crippen LogP contribution in [0.3, 0.4) is 0 Å². The summed E-state index contributed by atoms with van der Waals surface area (Å²) < 4.78 is 13.6. The lowest BCUT2D eigenvalue weighted by molar-refractivity contribution is -0.137. The highest BCUT2D eigenvalue weighted by molar-refractivity contribution is 9.10. The topological polar surface area (TPSA) is 69.6 Å². The van der Waals surface area contributed by atoms with Crippen LogP contribution in [0.5, 0.6) is 0 Å². The van der Waals surface area contributed by atoms with Crippen molar-refractivity contribution >= 4 is 33.6 Å². The molecule has 1 aromatic carbocycles. The summed E-state index contributed by atoms with van der Waals surface area (Å²) in [6.07, 6.45) is -0.118. The number of aryl methyl sites for hydroxylation is 1. The van der Waals surface area contributed by atoms with Gasteiger partial charge in [0.2, 0.25) is 0 Å². The van der Waals surface area contributed by atoms with Gasteiger partial charge in [0.1, 0.15) is 5.82 Å². The zero-order valence-electron chi connectivity index (χ0n) is 11.2. The molecule has 0 atom stereocenters. The number of carboxylic acids is 1. The number of urea groups is 1. The maximum Gasteiger partial charge on any atom is 0.321 e. The highest BCUT2D eigenvalue weighted by Gasteiger charge is 2.15. The minimum absolute atomic E-state index is 0.118. The number of aliphatic carboxylic acids is 1. The van der Waals surface area contributed by atoms with Gasteiger partial charge in [-0.25, -0.2) is 9.18 Å². The molecule has 0 saturated heterocycles. The van der Waals surface area contributed by atoms with E-state index in [0.717, 1.165) is 0 Å². The second-order valence-corrected chi connectivity index (χ2v) is 5.09. The summed E-state index contributed by atoms with van der Waals surface area (Å²) in [6.45, 7) is 3.95. The van der Waals surface area contributed by atoms with Crippen LogP contribution < -0.4 is 5.32 Å². The lowest BCUT2D eigenvalue weighted by Gasteiger charge is -2.21. The van der Waals surface area contributed by atoms with Gasteiger partial charge >= 0.3 is 12.0 Å².